The SMILES string of the molecule is CN1C(C(=O)Nc2ccccn2)=C(O)c2ccccc2S1(=O)=O.OC[C@H]1O[C@@H]2O[C@H]3[C@H](O)[C@@H](O)[C@@H](O[C@H]4[C@H](O)[C@@H](O)[C@@H](O[C@H]5[C@H](O)[C@@H](O)[C@@H](O[C@H]6[C@H](O)[C@@H](O)[C@@H](O[C@H]7[C@@H](O)[C@H](O)[C@@H](O[C@H]8[C@@H](O)[C@H](O)[C@@H](O[C@H]1[C@H](O)[C@H]2O)O[C@@H]8CO)O[C@@H]7CO)O[C@@H]6CO)O[C@@H]5CO)O[C@@H]4CO)O[C@@H]3CO. The first-order valence-electron chi connectivity index (χ1n) is 31.3. The number of pyridine rings is 1. The summed E-state index contributed by atoms with van der Waals surface area (Å²) in [5.74, 6) is -0.907. The summed E-state index contributed by atoms with van der Waals surface area (Å²) in [6.07, 6.45) is -68.8. The van der Waals surface area contributed by atoms with E-state index < -0.39 is 283 Å². The second-order valence-corrected chi connectivity index (χ2v) is 26.4. The van der Waals surface area contributed by atoms with Crippen LogP contribution in [0.5, 0.6) is 0 Å². The van der Waals surface area contributed by atoms with Gasteiger partial charge in [-0.25, -0.2) is 13.4 Å². The van der Waals surface area contributed by atoms with E-state index in [1.54, 1.807) is 30.3 Å². The third-order valence-electron chi connectivity index (χ3n) is 18.2. The van der Waals surface area contributed by atoms with Gasteiger partial charge >= 0.3 is 0 Å². The number of ether oxygens (including phenoxy) is 14. The maximum atomic E-state index is 12.5. The number of nitrogens with zero attached hydrogens (tertiary/aromatic N) is 2. The first kappa shape index (κ1) is 78.3. The molecule has 22 aliphatic rings. The van der Waals surface area contributed by atoms with Crippen molar-refractivity contribution in [3.8, 4) is 0 Å². The molecule has 23 N–H and O–H groups in total. The summed E-state index contributed by atoms with van der Waals surface area (Å²) >= 11 is 0. The lowest BCUT2D eigenvalue weighted by Gasteiger charge is -2.50. The minimum atomic E-state index is -3.91. The number of rotatable bonds is 9. The van der Waals surface area contributed by atoms with Crippen molar-refractivity contribution in [2.75, 3.05) is 58.6 Å². The smallest absolute Gasteiger partial charge is 0.277 e. The molecule has 21 saturated heterocycles. The van der Waals surface area contributed by atoms with E-state index in [2.05, 4.69) is 10.3 Å². The third-order valence-corrected chi connectivity index (χ3v) is 20.0. The highest BCUT2D eigenvalue weighted by Crippen LogP contribution is 2.40. The van der Waals surface area contributed by atoms with Crippen molar-refractivity contribution in [2.24, 2.45) is 0 Å². The van der Waals surface area contributed by atoms with Crippen LogP contribution in [0.15, 0.2) is 59.3 Å². The number of sulfonamides is 1. The van der Waals surface area contributed by atoms with E-state index in [4.69, 9.17) is 66.3 Å². The van der Waals surface area contributed by atoms with Crippen molar-refractivity contribution < 1.29 is 192 Å². The number of fused-ring (bicyclic) bond motifs is 1. The number of benzene rings is 1. The van der Waals surface area contributed by atoms with Crippen LogP contribution < -0.4 is 5.32 Å². The molecule has 43 heteroatoms. The van der Waals surface area contributed by atoms with E-state index in [-0.39, 0.29) is 22.0 Å². The standard InChI is InChI=1S/C42H70O35.C15H13N3O4S/c43-1-8-29-15(50)22(57)36(64-8)72-30-9(2-44)66-38(24(59)17(30)52)74-32-11(4-46)68-40(26(61)19(32)54)76-34-13(6-48)70-42(28(63)21(34)56)77-35-14(7-49)69-41(27(62)20(35)55)75-33-12(5-47)67-39(25(60)18(33)53)73-31-10(3-45)65-37(71-29)23(58)16(31)51;1-18-13(15(20)17-12-8-4-5-9-16-12)14(19)10-6-2-3-7-11(10)23(18,21)22/h8-63H,1-7H2;2-9,19H,1H3,(H,16,17,20)/t8-,9-,10-,11-,12-,13-,14-,15-,16-,17-,18-,19-,20+,21+,22-,23-,24-,25-,26-,27+,28+,29-,30-,31-,32-,33-,34-,35-,36-,37-,38-,39-,40-,41-,42-;/m1./s1. The monoisotopic (exact) mass is 1470 g/mol. The summed E-state index contributed by atoms with van der Waals surface area (Å²) in [4.78, 5) is 16.3. The average molecular weight is 1470 g/mol. The van der Waals surface area contributed by atoms with Gasteiger partial charge in [-0.1, -0.05) is 18.2 Å². The van der Waals surface area contributed by atoms with Crippen LogP contribution in [0.1, 0.15) is 5.56 Å². The fourth-order valence-corrected chi connectivity index (χ4v) is 14.1. The zero-order chi connectivity index (χ0) is 72.7. The van der Waals surface area contributed by atoms with Crippen LogP contribution in [-0.4, -0.2) is 404 Å². The Morgan fingerprint density at radius 2 is 0.620 bits per heavy atom. The lowest BCUT2D eigenvalue weighted by atomic mass is 9.95. The fourth-order valence-electron chi connectivity index (χ4n) is 12.7. The Hall–Kier alpha value is -4.27. The number of aliphatic hydroxyl groups excluding tert-OH is 22. The van der Waals surface area contributed by atoms with Crippen molar-refractivity contribution in [3.05, 3.63) is 59.9 Å². The Bertz CT molecular complexity index is 2770. The maximum Gasteiger partial charge on any atom is 0.277 e. The number of hydrogen-bond acceptors (Lipinski definition) is 40. The van der Waals surface area contributed by atoms with E-state index in [9.17, 15) is 126 Å². The Labute approximate surface area is 565 Å². The summed E-state index contributed by atoms with van der Waals surface area (Å²) in [7, 11) is -2.69. The maximum absolute atomic E-state index is 12.5. The van der Waals surface area contributed by atoms with Gasteiger partial charge in [0.1, 0.15) is 177 Å². The minimum absolute atomic E-state index is 0.0469. The molecule has 35 atom stereocenters. The van der Waals surface area contributed by atoms with Crippen molar-refractivity contribution in [1.29, 1.82) is 0 Å². The first-order chi connectivity index (χ1) is 47.6. The second kappa shape index (κ2) is 33.0. The molecule has 0 radical (unpaired) electrons. The van der Waals surface area contributed by atoms with Gasteiger partial charge in [0.15, 0.2) is 55.5 Å². The molecular formula is C57H83N3O39S. The number of amides is 1. The zero-order valence-corrected chi connectivity index (χ0v) is 53.2. The predicted octanol–water partition coefficient (Wildman–Crippen LogP) is -13.6. The number of carbonyl (C=O) groups excluding carboxylic acids is 1. The number of carbonyl (C=O) groups is 1. The molecule has 2 aromatic rings. The van der Waals surface area contributed by atoms with Crippen molar-refractivity contribution in [2.45, 2.75) is 220 Å². The number of nitrogens with one attached hydrogen (secondary N) is 1. The minimum Gasteiger partial charge on any atom is -0.505 e. The van der Waals surface area contributed by atoms with Gasteiger partial charge in [0.25, 0.3) is 15.9 Å². The van der Waals surface area contributed by atoms with Gasteiger partial charge in [0.2, 0.25) is 0 Å². The number of aliphatic hydroxyl groups is 22. The van der Waals surface area contributed by atoms with E-state index in [0.29, 0.717) is 0 Å². The van der Waals surface area contributed by atoms with Crippen LogP contribution in [-0.2, 0) is 81.1 Å². The molecule has 21 fully saturated rings. The molecule has 14 bridgehead atoms. The Morgan fingerprint density at radius 3 is 0.850 bits per heavy atom. The molecule has 566 valence electrons. The van der Waals surface area contributed by atoms with Crippen molar-refractivity contribution in [3.63, 3.8) is 0 Å². The van der Waals surface area contributed by atoms with Gasteiger partial charge in [0.05, 0.1) is 51.1 Å². The number of likely N-dealkylation sites (N-methyl/N-ethyl adjacent to an activating group) is 1. The lowest BCUT2D eigenvalue weighted by molar-refractivity contribution is -0.396. The molecule has 0 saturated carbocycles. The molecule has 100 heavy (non-hydrogen) atoms. The van der Waals surface area contributed by atoms with Crippen LogP contribution in [0.4, 0.5) is 5.82 Å². The van der Waals surface area contributed by atoms with E-state index in [1.165, 1.54) is 25.4 Å². The predicted molar refractivity (Wildman–Crippen MR) is 312 cm³/mol. The number of aromatic nitrogens is 1. The van der Waals surface area contributed by atoms with Crippen molar-refractivity contribution >= 4 is 27.5 Å². The molecule has 42 nitrogen and oxygen atoms in total. The summed E-state index contributed by atoms with van der Waals surface area (Å²) in [6.45, 7) is -7.33. The average Bonchev–Trinajstić information content (AvgIpc) is 0.745. The topological polar surface area (TPSA) is 654 Å². The molecule has 0 aliphatic carbocycles. The summed E-state index contributed by atoms with van der Waals surface area (Å²) in [5.41, 5.74) is -0.258. The molecule has 1 aromatic carbocycles. The summed E-state index contributed by atoms with van der Waals surface area (Å²) in [6, 6.07) is 10.9. The highest BCUT2D eigenvalue weighted by atomic mass is 32.2. The third kappa shape index (κ3) is 15.4. The van der Waals surface area contributed by atoms with Crippen LogP contribution in [0.2, 0.25) is 0 Å². The largest absolute Gasteiger partial charge is 0.505 e. The summed E-state index contributed by atoms with van der Waals surface area (Å²) in [5, 5.41) is 243. The van der Waals surface area contributed by atoms with E-state index in [0.717, 1.165) is 4.31 Å². The molecular weight excluding hydrogens is 1380 g/mol. The van der Waals surface area contributed by atoms with Crippen LogP contribution in [0.25, 0.3) is 5.76 Å². The lowest BCUT2D eigenvalue weighted by Crippen LogP contribution is -2.68. The quantitative estimate of drug-likeness (QED) is 0.111. The fraction of sp³-hybridized carbons (Fsp3) is 0.754. The Balaban J connectivity index is 0.000000394. The summed E-state index contributed by atoms with van der Waals surface area (Å²) < 4.78 is 105. The van der Waals surface area contributed by atoms with E-state index >= 15 is 0 Å². The van der Waals surface area contributed by atoms with Crippen molar-refractivity contribution in [1.82, 2.24) is 9.29 Å². The molecule has 1 aromatic heterocycles. The Morgan fingerprint density at radius 1 is 0.380 bits per heavy atom. The van der Waals surface area contributed by atoms with E-state index in [1.807, 2.05) is 0 Å². The van der Waals surface area contributed by atoms with Crippen LogP contribution in [0, 0.1) is 0 Å². The Kier molecular flexibility index (Phi) is 25.9. The molecule has 0 spiro atoms. The molecule has 24 rings (SSSR count). The number of hydrogen-bond donors (Lipinski definition) is 23. The zero-order valence-electron chi connectivity index (χ0n) is 52.4. The van der Waals surface area contributed by atoms with Gasteiger partial charge in [-0.05, 0) is 24.3 Å². The van der Waals surface area contributed by atoms with Crippen LogP contribution in [0.3, 0.4) is 0 Å². The molecule has 22 aliphatic heterocycles. The normalized spacial score (nSPS) is 46.3. The molecule has 0 unspecified atom stereocenters. The highest BCUT2D eigenvalue weighted by molar-refractivity contribution is 7.89. The molecule has 23 heterocycles. The van der Waals surface area contributed by atoms with Crippen LogP contribution >= 0.6 is 0 Å². The van der Waals surface area contributed by atoms with Gasteiger partial charge in [-0.2, -0.15) is 0 Å². The van der Waals surface area contributed by atoms with Gasteiger partial charge in [0, 0.05) is 18.8 Å². The van der Waals surface area contributed by atoms with Gasteiger partial charge in [-0.15, -0.1) is 0 Å². The molecule has 1 amide bonds. The number of anilines is 1. The second-order valence-electron chi connectivity index (χ2n) is 24.5. The first-order valence-corrected chi connectivity index (χ1v) is 32.7. The highest BCUT2D eigenvalue weighted by Gasteiger charge is 2.60. The van der Waals surface area contributed by atoms with Gasteiger partial charge in [-0.3, -0.25) is 9.10 Å². The van der Waals surface area contributed by atoms with Gasteiger partial charge < -0.3 is 184 Å².